The zero-order valence-electron chi connectivity index (χ0n) is 19.9. The largest absolute Gasteiger partial charge is 0.450 e. The second-order valence-corrected chi connectivity index (χ2v) is 8.40. The lowest BCUT2D eigenvalue weighted by Crippen LogP contribution is -2.51. The third-order valence-electron chi connectivity index (χ3n) is 5.99. The molecule has 4 rings (SSSR count). The molecule has 1 fully saturated rings. The third-order valence-corrected chi connectivity index (χ3v) is 5.99. The standard InChI is InChI=1S/C25H27N5O5/c1-4-35-25(32)28-13-11-27(12-14-28)24(31)23-16-21(19-7-9-20(10-8-19)30(33)34)26-29(23)22-15-17(2)5-6-18(22)3/h5-10,15-16H,4,11-14H2,1-3H3. The zero-order chi connectivity index (χ0) is 25.1. The molecule has 182 valence electrons. The van der Waals surface area contributed by atoms with Crippen LogP contribution in [0, 0.1) is 24.0 Å². The number of piperazine rings is 1. The lowest BCUT2D eigenvalue weighted by atomic mass is 10.1. The number of rotatable bonds is 5. The molecular formula is C25H27N5O5. The van der Waals surface area contributed by atoms with Gasteiger partial charge >= 0.3 is 6.09 Å². The van der Waals surface area contributed by atoms with Gasteiger partial charge in [-0.1, -0.05) is 12.1 Å². The molecule has 2 heterocycles. The van der Waals surface area contributed by atoms with Gasteiger partial charge in [-0.25, -0.2) is 9.48 Å². The number of nitrogens with zero attached hydrogens (tertiary/aromatic N) is 5. The fraction of sp³-hybridized carbons (Fsp3) is 0.320. The van der Waals surface area contributed by atoms with Crippen LogP contribution in [0.4, 0.5) is 10.5 Å². The van der Waals surface area contributed by atoms with Gasteiger partial charge in [0.25, 0.3) is 11.6 Å². The van der Waals surface area contributed by atoms with E-state index < -0.39 is 4.92 Å². The van der Waals surface area contributed by atoms with Gasteiger partial charge < -0.3 is 14.5 Å². The first-order chi connectivity index (χ1) is 16.8. The lowest BCUT2D eigenvalue weighted by molar-refractivity contribution is -0.384. The van der Waals surface area contributed by atoms with Crippen LogP contribution in [0.1, 0.15) is 28.5 Å². The number of benzene rings is 2. The van der Waals surface area contributed by atoms with E-state index in [2.05, 4.69) is 0 Å². The Morgan fingerprint density at radius 3 is 2.29 bits per heavy atom. The Balaban J connectivity index is 1.68. The predicted octanol–water partition coefficient (Wildman–Crippen LogP) is 3.98. The maximum atomic E-state index is 13.6. The summed E-state index contributed by atoms with van der Waals surface area (Å²) in [5, 5.41) is 15.8. The van der Waals surface area contributed by atoms with E-state index in [0.29, 0.717) is 49.7 Å². The number of ether oxygens (including phenoxy) is 1. The fourth-order valence-electron chi connectivity index (χ4n) is 4.03. The van der Waals surface area contributed by atoms with Crippen molar-refractivity contribution in [2.75, 3.05) is 32.8 Å². The summed E-state index contributed by atoms with van der Waals surface area (Å²) in [6.45, 7) is 7.51. The molecule has 2 aromatic carbocycles. The van der Waals surface area contributed by atoms with Gasteiger partial charge in [0.15, 0.2) is 0 Å². The summed E-state index contributed by atoms with van der Waals surface area (Å²) < 4.78 is 6.70. The maximum absolute atomic E-state index is 13.6. The molecule has 1 aliphatic rings. The molecule has 0 N–H and O–H groups in total. The fourth-order valence-corrected chi connectivity index (χ4v) is 4.03. The van der Waals surface area contributed by atoms with Crippen LogP contribution in [0.25, 0.3) is 16.9 Å². The van der Waals surface area contributed by atoms with Crippen molar-refractivity contribution in [3.8, 4) is 16.9 Å². The monoisotopic (exact) mass is 477 g/mol. The minimum absolute atomic E-state index is 0.0153. The van der Waals surface area contributed by atoms with Gasteiger partial charge in [-0.2, -0.15) is 5.10 Å². The molecule has 3 aromatic rings. The number of hydrogen-bond donors (Lipinski definition) is 0. The average Bonchev–Trinajstić information content (AvgIpc) is 3.30. The van der Waals surface area contributed by atoms with Crippen molar-refractivity contribution in [3.63, 3.8) is 0 Å². The van der Waals surface area contributed by atoms with Crippen molar-refractivity contribution in [3.05, 3.63) is 75.5 Å². The Kier molecular flexibility index (Phi) is 6.81. The van der Waals surface area contributed by atoms with Gasteiger partial charge in [-0.15, -0.1) is 0 Å². The Bertz CT molecular complexity index is 1260. The molecule has 0 radical (unpaired) electrons. The summed E-state index contributed by atoms with van der Waals surface area (Å²) in [7, 11) is 0. The van der Waals surface area contributed by atoms with E-state index in [1.165, 1.54) is 12.1 Å². The molecule has 1 aromatic heterocycles. The number of carbonyl (C=O) groups is 2. The number of carbonyl (C=O) groups excluding carboxylic acids is 2. The van der Waals surface area contributed by atoms with Crippen LogP contribution in [0.3, 0.4) is 0 Å². The summed E-state index contributed by atoms with van der Waals surface area (Å²) in [6, 6.07) is 13.7. The van der Waals surface area contributed by atoms with Crippen LogP contribution in [0.15, 0.2) is 48.5 Å². The van der Waals surface area contributed by atoms with E-state index in [1.54, 1.807) is 39.6 Å². The van der Waals surface area contributed by atoms with E-state index >= 15 is 0 Å². The Hall–Kier alpha value is -4.21. The number of aromatic nitrogens is 2. The Morgan fingerprint density at radius 1 is 1.00 bits per heavy atom. The van der Waals surface area contributed by atoms with E-state index in [1.807, 2.05) is 32.0 Å². The van der Waals surface area contributed by atoms with Gasteiger partial charge in [0, 0.05) is 43.9 Å². The lowest BCUT2D eigenvalue weighted by Gasteiger charge is -2.34. The number of aryl methyl sites for hydroxylation is 2. The Morgan fingerprint density at radius 2 is 1.66 bits per heavy atom. The van der Waals surface area contributed by atoms with Crippen LogP contribution in [0.5, 0.6) is 0 Å². The topological polar surface area (TPSA) is 111 Å². The molecular weight excluding hydrogens is 450 g/mol. The number of nitro groups is 1. The SMILES string of the molecule is CCOC(=O)N1CCN(C(=O)c2cc(-c3ccc([N+](=O)[O-])cc3)nn2-c2cc(C)ccc2C)CC1. The minimum atomic E-state index is -0.455. The van der Waals surface area contributed by atoms with Crippen molar-refractivity contribution in [2.24, 2.45) is 0 Å². The number of hydrogen-bond acceptors (Lipinski definition) is 6. The smallest absolute Gasteiger partial charge is 0.409 e. The number of amides is 2. The molecule has 0 bridgehead atoms. The molecule has 0 aliphatic carbocycles. The average molecular weight is 478 g/mol. The van der Waals surface area contributed by atoms with Crippen LogP contribution >= 0.6 is 0 Å². The van der Waals surface area contributed by atoms with Crippen LogP contribution < -0.4 is 0 Å². The molecule has 2 amide bonds. The second-order valence-electron chi connectivity index (χ2n) is 8.40. The highest BCUT2D eigenvalue weighted by Gasteiger charge is 2.28. The van der Waals surface area contributed by atoms with Gasteiger partial charge in [-0.05, 0) is 56.2 Å². The first-order valence-electron chi connectivity index (χ1n) is 11.4. The van der Waals surface area contributed by atoms with Crippen LogP contribution in [0.2, 0.25) is 0 Å². The predicted molar refractivity (Wildman–Crippen MR) is 130 cm³/mol. The summed E-state index contributed by atoms with van der Waals surface area (Å²) in [5.74, 6) is -0.199. The summed E-state index contributed by atoms with van der Waals surface area (Å²) >= 11 is 0. The zero-order valence-corrected chi connectivity index (χ0v) is 19.9. The molecule has 10 heteroatoms. The molecule has 10 nitrogen and oxygen atoms in total. The van der Waals surface area contributed by atoms with Crippen LogP contribution in [-0.2, 0) is 4.74 Å². The highest BCUT2D eigenvalue weighted by atomic mass is 16.6. The molecule has 35 heavy (non-hydrogen) atoms. The first-order valence-corrected chi connectivity index (χ1v) is 11.4. The van der Waals surface area contributed by atoms with E-state index in [0.717, 1.165) is 16.8 Å². The first kappa shape index (κ1) is 23.9. The minimum Gasteiger partial charge on any atom is -0.450 e. The highest BCUT2D eigenvalue weighted by Crippen LogP contribution is 2.26. The third kappa shape index (κ3) is 5.01. The van der Waals surface area contributed by atoms with E-state index in [-0.39, 0.29) is 17.7 Å². The molecule has 0 unspecified atom stereocenters. The number of non-ortho nitro benzene ring substituents is 1. The maximum Gasteiger partial charge on any atom is 0.409 e. The summed E-state index contributed by atoms with van der Waals surface area (Å²) in [6.07, 6.45) is -0.375. The van der Waals surface area contributed by atoms with E-state index in [4.69, 9.17) is 9.84 Å². The quantitative estimate of drug-likeness (QED) is 0.406. The second kappa shape index (κ2) is 9.96. The highest BCUT2D eigenvalue weighted by molar-refractivity contribution is 5.94. The Labute approximate surface area is 202 Å². The van der Waals surface area contributed by atoms with Crippen LogP contribution in [-0.4, -0.2) is 69.3 Å². The summed E-state index contributed by atoms with van der Waals surface area (Å²) in [5.41, 5.74) is 4.34. The van der Waals surface area contributed by atoms with Crippen molar-refractivity contribution in [1.82, 2.24) is 19.6 Å². The number of nitro benzene ring substituents is 1. The molecule has 1 saturated heterocycles. The van der Waals surface area contributed by atoms with Crippen molar-refractivity contribution in [1.29, 1.82) is 0 Å². The van der Waals surface area contributed by atoms with Gasteiger partial charge in [-0.3, -0.25) is 14.9 Å². The van der Waals surface area contributed by atoms with Crippen molar-refractivity contribution >= 4 is 17.7 Å². The summed E-state index contributed by atoms with van der Waals surface area (Å²) in [4.78, 5) is 39.5. The van der Waals surface area contributed by atoms with Gasteiger partial charge in [0.2, 0.25) is 0 Å². The molecule has 0 spiro atoms. The van der Waals surface area contributed by atoms with Gasteiger partial charge in [0.1, 0.15) is 5.69 Å². The van der Waals surface area contributed by atoms with Gasteiger partial charge in [0.05, 0.1) is 22.9 Å². The van der Waals surface area contributed by atoms with Crippen molar-refractivity contribution < 1.29 is 19.2 Å². The molecule has 1 aliphatic heterocycles. The van der Waals surface area contributed by atoms with E-state index in [9.17, 15) is 19.7 Å². The normalized spacial score (nSPS) is 13.6. The molecule has 0 saturated carbocycles. The molecule has 0 atom stereocenters. The van der Waals surface area contributed by atoms with Crippen molar-refractivity contribution in [2.45, 2.75) is 20.8 Å².